The summed E-state index contributed by atoms with van der Waals surface area (Å²) < 4.78 is 40.9. The van der Waals surface area contributed by atoms with E-state index in [4.69, 9.17) is 14.2 Å². The molecule has 0 aliphatic heterocycles. The average Bonchev–Trinajstić information content (AvgIpc) is 2.72. The third-order valence-electron chi connectivity index (χ3n) is 3.57. The summed E-state index contributed by atoms with van der Waals surface area (Å²) in [5, 5.41) is 4.52. The molecule has 0 radical (unpaired) electrons. The second kappa shape index (κ2) is 10.0. The number of rotatable bonds is 8. The predicted octanol–water partition coefficient (Wildman–Crippen LogP) is 1.89. The SMILES string of the molecule is COc1cc(OC)cc(C(=O)OCC(=O)NCC(=O)Nc2ccc(F)c(F)c2)c1. The maximum atomic E-state index is 13.1. The highest BCUT2D eigenvalue weighted by atomic mass is 19.2. The lowest BCUT2D eigenvalue weighted by atomic mass is 10.2. The lowest BCUT2D eigenvalue weighted by molar-refractivity contribution is -0.126. The molecule has 0 spiro atoms. The molecule has 154 valence electrons. The Hall–Kier alpha value is -3.69. The minimum absolute atomic E-state index is 0.0292. The van der Waals surface area contributed by atoms with Crippen molar-refractivity contribution in [2.75, 3.05) is 32.7 Å². The van der Waals surface area contributed by atoms with E-state index in [1.807, 2.05) is 0 Å². The van der Waals surface area contributed by atoms with Gasteiger partial charge in [-0.25, -0.2) is 13.6 Å². The summed E-state index contributed by atoms with van der Waals surface area (Å²) in [5.41, 5.74) is 0.145. The molecule has 2 amide bonds. The number of hydrogen-bond acceptors (Lipinski definition) is 6. The van der Waals surface area contributed by atoms with Gasteiger partial charge in [-0.05, 0) is 24.3 Å². The molecule has 2 aromatic rings. The molecule has 10 heteroatoms. The Morgan fingerprint density at radius 2 is 1.55 bits per heavy atom. The van der Waals surface area contributed by atoms with E-state index in [0.717, 1.165) is 12.1 Å². The van der Waals surface area contributed by atoms with Crippen LogP contribution in [-0.4, -0.2) is 45.2 Å². The Labute approximate surface area is 164 Å². The van der Waals surface area contributed by atoms with E-state index in [1.165, 1.54) is 32.4 Å². The summed E-state index contributed by atoms with van der Waals surface area (Å²) in [5.74, 6) is -3.62. The van der Waals surface area contributed by atoms with Crippen LogP contribution in [0.1, 0.15) is 10.4 Å². The molecule has 0 saturated carbocycles. The third-order valence-corrected chi connectivity index (χ3v) is 3.57. The normalized spacial score (nSPS) is 10.1. The molecule has 2 aromatic carbocycles. The summed E-state index contributed by atoms with van der Waals surface area (Å²) in [6.45, 7) is -1.08. The number of amides is 2. The monoisotopic (exact) mass is 408 g/mol. The van der Waals surface area contributed by atoms with Crippen molar-refractivity contribution in [3.8, 4) is 11.5 Å². The lowest BCUT2D eigenvalue weighted by Gasteiger charge is -2.09. The van der Waals surface area contributed by atoms with E-state index in [0.29, 0.717) is 11.5 Å². The van der Waals surface area contributed by atoms with Gasteiger partial charge < -0.3 is 24.8 Å². The average molecular weight is 408 g/mol. The zero-order valence-electron chi connectivity index (χ0n) is 15.6. The van der Waals surface area contributed by atoms with Crippen molar-refractivity contribution in [3.63, 3.8) is 0 Å². The molecule has 29 heavy (non-hydrogen) atoms. The largest absolute Gasteiger partial charge is 0.497 e. The first kappa shape index (κ1) is 21.6. The van der Waals surface area contributed by atoms with E-state index in [-0.39, 0.29) is 11.3 Å². The molecule has 0 atom stereocenters. The minimum atomic E-state index is -1.12. The van der Waals surface area contributed by atoms with E-state index in [9.17, 15) is 23.2 Å². The van der Waals surface area contributed by atoms with Crippen molar-refractivity contribution in [1.82, 2.24) is 5.32 Å². The van der Waals surface area contributed by atoms with Crippen LogP contribution in [-0.2, 0) is 14.3 Å². The van der Waals surface area contributed by atoms with Crippen molar-refractivity contribution >= 4 is 23.5 Å². The molecule has 0 saturated heterocycles. The van der Waals surface area contributed by atoms with E-state index >= 15 is 0 Å². The number of nitrogens with one attached hydrogen (secondary N) is 2. The van der Waals surface area contributed by atoms with Crippen LogP contribution in [0.4, 0.5) is 14.5 Å². The van der Waals surface area contributed by atoms with Gasteiger partial charge in [0, 0.05) is 17.8 Å². The summed E-state index contributed by atoms with van der Waals surface area (Å²) in [6.07, 6.45) is 0. The zero-order valence-corrected chi connectivity index (χ0v) is 15.6. The van der Waals surface area contributed by atoms with Crippen LogP contribution in [0.15, 0.2) is 36.4 Å². The van der Waals surface area contributed by atoms with Gasteiger partial charge in [0.2, 0.25) is 5.91 Å². The second-order valence-electron chi connectivity index (χ2n) is 5.63. The Bertz CT molecular complexity index is 897. The Morgan fingerprint density at radius 1 is 0.897 bits per heavy atom. The fourth-order valence-corrected chi connectivity index (χ4v) is 2.15. The van der Waals surface area contributed by atoms with Gasteiger partial charge in [-0.3, -0.25) is 9.59 Å². The maximum Gasteiger partial charge on any atom is 0.338 e. The molecule has 0 aromatic heterocycles. The Morgan fingerprint density at radius 3 is 2.14 bits per heavy atom. The van der Waals surface area contributed by atoms with Gasteiger partial charge in [-0.15, -0.1) is 0 Å². The topological polar surface area (TPSA) is 103 Å². The second-order valence-corrected chi connectivity index (χ2v) is 5.63. The minimum Gasteiger partial charge on any atom is -0.497 e. The number of halogens is 2. The van der Waals surface area contributed by atoms with Crippen molar-refractivity contribution in [1.29, 1.82) is 0 Å². The molecule has 0 aliphatic carbocycles. The first-order valence-electron chi connectivity index (χ1n) is 8.24. The van der Waals surface area contributed by atoms with Crippen LogP contribution in [0, 0.1) is 11.6 Å². The molecule has 2 rings (SSSR count). The number of carbonyl (C=O) groups excluding carboxylic acids is 3. The van der Waals surface area contributed by atoms with Crippen molar-refractivity contribution in [2.24, 2.45) is 0 Å². The number of esters is 1. The molecular formula is C19H18F2N2O6. The lowest BCUT2D eigenvalue weighted by Crippen LogP contribution is -2.35. The maximum absolute atomic E-state index is 13.1. The number of carbonyl (C=O) groups is 3. The number of ether oxygens (including phenoxy) is 3. The first-order valence-corrected chi connectivity index (χ1v) is 8.24. The van der Waals surface area contributed by atoms with Gasteiger partial charge in [0.05, 0.1) is 26.3 Å². The number of methoxy groups -OCH3 is 2. The number of benzene rings is 2. The Balaban J connectivity index is 1.81. The highest BCUT2D eigenvalue weighted by Gasteiger charge is 2.14. The van der Waals surface area contributed by atoms with E-state index < -0.39 is 42.6 Å². The van der Waals surface area contributed by atoms with E-state index in [2.05, 4.69) is 10.6 Å². The molecule has 8 nitrogen and oxygen atoms in total. The molecule has 0 bridgehead atoms. The summed E-state index contributed by atoms with van der Waals surface area (Å²) in [4.78, 5) is 35.6. The highest BCUT2D eigenvalue weighted by molar-refractivity contribution is 5.95. The highest BCUT2D eigenvalue weighted by Crippen LogP contribution is 2.22. The molecule has 0 aliphatic rings. The quantitative estimate of drug-likeness (QED) is 0.647. The fourth-order valence-electron chi connectivity index (χ4n) is 2.15. The molecule has 0 unspecified atom stereocenters. The van der Waals surface area contributed by atoms with Crippen LogP contribution >= 0.6 is 0 Å². The number of anilines is 1. The van der Waals surface area contributed by atoms with E-state index in [1.54, 1.807) is 6.07 Å². The molecular weight excluding hydrogens is 390 g/mol. The summed E-state index contributed by atoms with van der Waals surface area (Å²) in [6, 6.07) is 7.23. The van der Waals surface area contributed by atoms with Crippen LogP contribution in [0.25, 0.3) is 0 Å². The number of hydrogen-bond donors (Lipinski definition) is 2. The van der Waals surface area contributed by atoms with Gasteiger partial charge in [0.15, 0.2) is 18.2 Å². The van der Waals surface area contributed by atoms with Crippen LogP contribution < -0.4 is 20.1 Å². The fraction of sp³-hybridized carbons (Fsp3) is 0.211. The van der Waals surface area contributed by atoms with Crippen molar-refractivity contribution in [2.45, 2.75) is 0 Å². The molecule has 0 heterocycles. The predicted molar refractivity (Wildman–Crippen MR) is 97.8 cm³/mol. The van der Waals surface area contributed by atoms with Crippen LogP contribution in [0.3, 0.4) is 0 Å². The smallest absolute Gasteiger partial charge is 0.338 e. The standard InChI is InChI=1S/C19H18F2N2O6/c1-27-13-5-11(6-14(8-13)28-2)19(26)29-10-18(25)22-9-17(24)23-12-3-4-15(20)16(21)7-12/h3-8H,9-10H2,1-2H3,(H,22,25)(H,23,24). The zero-order chi connectivity index (χ0) is 21.4. The summed E-state index contributed by atoms with van der Waals surface area (Å²) >= 11 is 0. The van der Waals surface area contributed by atoms with Gasteiger partial charge in [0.25, 0.3) is 5.91 Å². The van der Waals surface area contributed by atoms with Crippen LogP contribution in [0.5, 0.6) is 11.5 Å². The summed E-state index contributed by atoms with van der Waals surface area (Å²) in [7, 11) is 2.84. The van der Waals surface area contributed by atoms with Gasteiger partial charge in [-0.2, -0.15) is 0 Å². The van der Waals surface area contributed by atoms with Crippen LogP contribution in [0.2, 0.25) is 0 Å². The van der Waals surface area contributed by atoms with Crippen molar-refractivity contribution in [3.05, 3.63) is 53.6 Å². The molecule has 2 N–H and O–H groups in total. The Kier molecular flexibility index (Phi) is 7.47. The first-order chi connectivity index (χ1) is 13.8. The van der Waals surface area contributed by atoms with Crippen molar-refractivity contribution < 1.29 is 37.4 Å². The molecule has 0 fully saturated rings. The van der Waals surface area contributed by atoms with Gasteiger partial charge in [0.1, 0.15) is 11.5 Å². The van der Waals surface area contributed by atoms with Gasteiger partial charge in [-0.1, -0.05) is 0 Å². The third kappa shape index (κ3) is 6.45. The van der Waals surface area contributed by atoms with Gasteiger partial charge >= 0.3 is 5.97 Å².